The maximum Gasteiger partial charge on any atom is 0.472 e. The number of benzene rings is 1. The van der Waals surface area contributed by atoms with E-state index in [1.165, 1.54) is 0 Å². The van der Waals surface area contributed by atoms with Crippen LogP contribution in [0.2, 0.25) is 0 Å². The molecule has 0 aromatic heterocycles. The first-order valence-corrected chi connectivity index (χ1v) is 4.83. The zero-order chi connectivity index (χ0) is 16.6. The Labute approximate surface area is 110 Å². The van der Waals surface area contributed by atoms with Crippen LogP contribution in [0.5, 0.6) is 0 Å². The SMILES string of the molecule is O=C(N(C(=O)C(F)(F)F)c1ccc(F)cc1F)C(F)(F)F. The van der Waals surface area contributed by atoms with Crippen LogP contribution in [-0.2, 0) is 9.59 Å². The van der Waals surface area contributed by atoms with Crippen molar-refractivity contribution in [2.24, 2.45) is 0 Å². The lowest BCUT2D eigenvalue weighted by molar-refractivity contribution is -0.182. The maximum atomic E-state index is 13.3. The molecule has 0 radical (unpaired) electrons. The first kappa shape index (κ1) is 16.9. The van der Waals surface area contributed by atoms with Gasteiger partial charge in [0.1, 0.15) is 11.6 Å². The van der Waals surface area contributed by atoms with Gasteiger partial charge in [-0.05, 0) is 12.1 Å². The third kappa shape index (κ3) is 3.67. The molecule has 1 rings (SSSR count). The third-order valence-corrected chi connectivity index (χ3v) is 2.04. The summed E-state index contributed by atoms with van der Waals surface area (Å²) in [5, 5.41) is 0. The van der Waals surface area contributed by atoms with E-state index in [2.05, 4.69) is 0 Å². The van der Waals surface area contributed by atoms with Gasteiger partial charge in [0, 0.05) is 6.07 Å². The van der Waals surface area contributed by atoms with Gasteiger partial charge in [0.05, 0.1) is 5.69 Å². The third-order valence-electron chi connectivity index (χ3n) is 2.04. The van der Waals surface area contributed by atoms with Crippen LogP contribution in [0.25, 0.3) is 0 Å². The number of carbonyl (C=O) groups excluding carboxylic acids is 2. The van der Waals surface area contributed by atoms with Crippen molar-refractivity contribution in [3.8, 4) is 0 Å². The van der Waals surface area contributed by atoms with Crippen molar-refractivity contribution in [3.63, 3.8) is 0 Å². The molecule has 0 atom stereocenters. The average molecular weight is 321 g/mol. The fraction of sp³-hybridized carbons (Fsp3) is 0.200. The quantitative estimate of drug-likeness (QED) is 0.746. The predicted molar refractivity (Wildman–Crippen MR) is 51.0 cm³/mol. The minimum absolute atomic E-state index is 0.0738. The Morgan fingerprint density at radius 1 is 0.857 bits per heavy atom. The number of hydrogen-bond donors (Lipinski definition) is 0. The van der Waals surface area contributed by atoms with E-state index in [1.54, 1.807) is 0 Å². The van der Waals surface area contributed by atoms with E-state index >= 15 is 0 Å². The van der Waals surface area contributed by atoms with E-state index < -0.39 is 46.4 Å². The lowest BCUT2D eigenvalue weighted by atomic mass is 10.2. The largest absolute Gasteiger partial charge is 0.472 e. The molecule has 21 heavy (non-hydrogen) atoms. The van der Waals surface area contributed by atoms with Crippen LogP contribution in [0.4, 0.5) is 40.8 Å². The highest BCUT2D eigenvalue weighted by Gasteiger charge is 2.53. The first-order valence-electron chi connectivity index (χ1n) is 4.83. The number of anilines is 1. The highest BCUT2D eigenvalue weighted by molar-refractivity contribution is 6.18. The minimum Gasteiger partial charge on any atom is -0.263 e. The standard InChI is InChI=1S/C10H3F8NO2/c11-4-1-2-6(5(12)3-4)19(7(20)9(13,14)15)8(21)10(16,17)18/h1-3H. The molecular weight excluding hydrogens is 318 g/mol. The number of amides is 2. The van der Waals surface area contributed by atoms with Gasteiger partial charge in [-0.1, -0.05) is 0 Å². The van der Waals surface area contributed by atoms with Gasteiger partial charge in [0.25, 0.3) is 0 Å². The molecule has 0 heterocycles. The number of hydrogen-bond acceptors (Lipinski definition) is 2. The Hall–Kier alpha value is -2.20. The van der Waals surface area contributed by atoms with Gasteiger partial charge in [0.2, 0.25) is 0 Å². The fourth-order valence-electron chi connectivity index (χ4n) is 1.23. The summed E-state index contributed by atoms with van der Waals surface area (Å²) >= 11 is 0. The Morgan fingerprint density at radius 2 is 1.29 bits per heavy atom. The van der Waals surface area contributed by atoms with E-state index in [-0.39, 0.29) is 12.1 Å². The molecule has 0 aliphatic rings. The molecule has 0 N–H and O–H groups in total. The molecule has 0 bridgehead atoms. The topological polar surface area (TPSA) is 37.4 Å². The molecule has 0 unspecified atom stereocenters. The second kappa shape index (κ2) is 5.30. The van der Waals surface area contributed by atoms with Crippen LogP contribution in [0.15, 0.2) is 18.2 Å². The summed E-state index contributed by atoms with van der Waals surface area (Å²) in [5.41, 5.74) is -1.67. The summed E-state index contributed by atoms with van der Waals surface area (Å²) in [6.07, 6.45) is -11.7. The highest BCUT2D eigenvalue weighted by Crippen LogP contribution is 2.30. The van der Waals surface area contributed by atoms with Gasteiger partial charge in [0.15, 0.2) is 0 Å². The van der Waals surface area contributed by atoms with Gasteiger partial charge in [-0.15, -0.1) is 0 Å². The molecule has 1 aromatic carbocycles. The summed E-state index contributed by atoms with van der Waals surface area (Å²) in [5.74, 6) is -9.77. The van der Waals surface area contributed by atoms with Crippen molar-refractivity contribution >= 4 is 17.5 Å². The molecule has 0 saturated heterocycles. The van der Waals surface area contributed by atoms with Crippen LogP contribution in [0, 0.1) is 11.6 Å². The molecule has 0 aliphatic carbocycles. The van der Waals surface area contributed by atoms with Crippen molar-refractivity contribution in [1.29, 1.82) is 0 Å². The summed E-state index contributed by atoms with van der Waals surface area (Å²) in [4.78, 5) is 20.4. The van der Waals surface area contributed by atoms with Gasteiger partial charge < -0.3 is 0 Å². The van der Waals surface area contributed by atoms with Crippen LogP contribution in [0.1, 0.15) is 0 Å². The maximum absolute atomic E-state index is 13.3. The zero-order valence-electron chi connectivity index (χ0n) is 9.52. The van der Waals surface area contributed by atoms with Crippen molar-refractivity contribution in [3.05, 3.63) is 29.8 Å². The second-order valence-corrected chi connectivity index (χ2v) is 3.54. The van der Waals surface area contributed by atoms with Crippen molar-refractivity contribution in [1.82, 2.24) is 0 Å². The van der Waals surface area contributed by atoms with Crippen LogP contribution < -0.4 is 4.90 Å². The number of rotatable bonds is 1. The number of imide groups is 1. The summed E-state index contributed by atoms with van der Waals surface area (Å²) in [7, 11) is 0. The molecular formula is C10H3F8NO2. The van der Waals surface area contributed by atoms with Gasteiger partial charge in [-0.2, -0.15) is 26.3 Å². The molecule has 0 spiro atoms. The zero-order valence-corrected chi connectivity index (χ0v) is 9.52. The van der Waals surface area contributed by atoms with Crippen LogP contribution >= 0.6 is 0 Å². The first-order chi connectivity index (χ1) is 9.35. The molecule has 1 aromatic rings. The number of carbonyl (C=O) groups is 2. The molecule has 0 fully saturated rings. The van der Waals surface area contributed by atoms with Crippen molar-refractivity contribution in [2.75, 3.05) is 4.90 Å². The van der Waals surface area contributed by atoms with Gasteiger partial charge in [-0.25, -0.2) is 13.7 Å². The van der Waals surface area contributed by atoms with E-state index in [9.17, 15) is 44.7 Å². The molecule has 116 valence electrons. The van der Waals surface area contributed by atoms with E-state index in [4.69, 9.17) is 0 Å². The number of nitrogens with zero attached hydrogens (tertiary/aromatic N) is 1. The lowest BCUT2D eigenvalue weighted by Gasteiger charge is -2.23. The summed E-state index contributed by atoms with van der Waals surface area (Å²) in [6.45, 7) is 0. The summed E-state index contributed by atoms with van der Waals surface area (Å²) < 4.78 is 99.3. The van der Waals surface area contributed by atoms with E-state index in [0.29, 0.717) is 6.07 Å². The van der Waals surface area contributed by atoms with Crippen LogP contribution in [0.3, 0.4) is 0 Å². The molecule has 2 amide bonds. The second-order valence-electron chi connectivity index (χ2n) is 3.54. The molecule has 11 heteroatoms. The fourth-order valence-corrected chi connectivity index (χ4v) is 1.23. The Kier molecular flexibility index (Phi) is 4.25. The Morgan fingerprint density at radius 3 is 1.62 bits per heavy atom. The van der Waals surface area contributed by atoms with Gasteiger partial charge >= 0.3 is 24.2 Å². The van der Waals surface area contributed by atoms with Crippen molar-refractivity contribution < 1.29 is 44.7 Å². The number of alkyl halides is 6. The van der Waals surface area contributed by atoms with Crippen molar-refractivity contribution in [2.45, 2.75) is 12.4 Å². The van der Waals surface area contributed by atoms with Gasteiger partial charge in [-0.3, -0.25) is 9.59 Å². The molecule has 0 aliphatic heterocycles. The minimum atomic E-state index is -5.87. The smallest absolute Gasteiger partial charge is 0.263 e. The predicted octanol–water partition coefficient (Wildman–Crippen LogP) is 2.95. The van der Waals surface area contributed by atoms with E-state index in [1.807, 2.05) is 0 Å². The average Bonchev–Trinajstić information content (AvgIpc) is 2.29. The summed E-state index contributed by atoms with van der Waals surface area (Å²) in [6, 6.07) is 0.326. The highest BCUT2D eigenvalue weighted by atomic mass is 19.4. The Balaban J connectivity index is 3.46. The Bertz CT molecular complexity index is 551. The van der Waals surface area contributed by atoms with E-state index in [0.717, 1.165) is 0 Å². The number of halogens is 8. The normalized spacial score (nSPS) is 12.2. The lowest BCUT2D eigenvalue weighted by Crippen LogP contribution is -2.50. The van der Waals surface area contributed by atoms with Crippen LogP contribution in [-0.4, -0.2) is 24.2 Å². The monoisotopic (exact) mass is 321 g/mol. The molecule has 3 nitrogen and oxygen atoms in total. The molecule has 0 saturated carbocycles.